The van der Waals surface area contributed by atoms with Crippen LogP contribution in [0.5, 0.6) is 0 Å². The zero-order chi connectivity index (χ0) is 9.84. The highest BCUT2D eigenvalue weighted by Gasteiger charge is 2.17. The Labute approximate surface area is 80.5 Å². The van der Waals surface area contributed by atoms with Gasteiger partial charge in [-0.15, -0.1) is 0 Å². The van der Waals surface area contributed by atoms with Crippen LogP contribution in [0.4, 0.5) is 0 Å². The zero-order valence-corrected chi connectivity index (χ0v) is 8.76. The summed E-state index contributed by atoms with van der Waals surface area (Å²) in [4.78, 5) is 11.4. The van der Waals surface area contributed by atoms with Crippen LogP contribution in [0.3, 0.4) is 0 Å². The molecule has 1 atom stereocenters. The van der Waals surface area contributed by atoms with Crippen molar-refractivity contribution in [3.05, 3.63) is 23.3 Å². The van der Waals surface area contributed by atoms with Crippen LogP contribution < -0.4 is 0 Å². The van der Waals surface area contributed by atoms with Crippen molar-refractivity contribution in [2.45, 2.75) is 40.0 Å². The highest BCUT2D eigenvalue weighted by molar-refractivity contribution is 5.95. The Morgan fingerprint density at radius 3 is 2.85 bits per heavy atom. The molecule has 1 heteroatoms. The van der Waals surface area contributed by atoms with E-state index in [0.29, 0.717) is 11.7 Å². The van der Waals surface area contributed by atoms with E-state index in [1.807, 2.05) is 6.92 Å². The molecule has 0 saturated carbocycles. The summed E-state index contributed by atoms with van der Waals surface area (Å²) < 4.78 is 0. The van der Waals surface area contributed by atoms with E-state index in [4.69, 9.17) is 0 Å². The van der Waals surface area contributed by atoms with Gasteiger partial charge >= 0.3 is 0 Å². The van der Waals surface area contributed by atoms with Crippen LogP contribution in [0.1, 0.15) is 40.0 Å². The molecule has 13 heavy (non-hydrogen) atoms. The quantitative estimate of drug-likeness (QED) is 0.593. The van der Waals surface area contributed by atoms with Crippen LogP contribution in [0.15, 0.2) is 23.3 Å². The van der Waals surface area contributed by atoms with Gasteiger partial charge in [0.1, 0.15) is 0 Å². The van der Waals surface area contributed by atoms with Crippen LogP contribution in [0, 0.1) is 5.92 Å². The second-order valence-corrected chi connectivity index (χ2v) is 4.13. The molecule has 0 N–H and O–H groups in total. The summed E-state index contributed by atoms with van der Waals surface area (Å²) in [7, 11) is 0. The topological polar surface area (TPSA) is 17.1 Å². The van der Waals surface area contributed by atoms with Crippen molar-refractivity contribution < 1.29 is 4.79 Å². The lowest BCUT2D eigenvalue weighted by Crippen LogP contribution is -2.13. The molecular weight excluding hydrogens is 160 g/mol. The van der Waals surface area contributed by atoms with E-state index in [0.717, 1.165) is 24.8 Å². The minimum atomic E-state index is 0.332. The molecule has 1 unspecified atom stereocenters. The molecule has 0 aromatic rings. The molecular formula is C12H18O. The van der Waals surface area contributed by atoms with Crippen molar-refractivity contribution in [1.29, 1.82) is 0 Å². The molecule has 0 bridgehead atoms. The van der Waals surface area contributed by atoms with Gasteiger partial charge in [-0.3, -0.25) is 4.79 Å². The Morgan fingerprint density at radius 1 is 1.62 bits per heavy atom. The Kier molecular flexibility index (Phi) is 3.47. The fraction of sp³-hybridized carbons (Fsp3) is 0.583. The third-order valence-electron chi connectivity index (χ3n) is 2.53. The molecule has 1 aliphatic rings. The molecule has 0 fully saturated rings. The van der Waals surface area contributed by atoms with Gasteiger partial charge in [0.25, 0.3) is 0 Å². The molecule has 1 nitrogen and oxygen atoms in total. The summed E-state index contributed by atoms with van der Waals surface area (Å²) in [6.45, 7) is 6.12. The third-order valence-corrected chi connectivity index (χ3v) is 2.53. The lowest BCUT2D eigenvalue weighted by Gasteiger charge is -2.17. The number of Topliss-reactive ketones (excluding diaryl/α,β-unsaturated/α-hetero) is 1. The second-order valence-electron chi connectivity index (χ2n) is 4.13. The van der Waals surface area contributed by atoms with E-state index in [1.54, 1.807) is 0 Å². The number of carbonyl (C=O) groups is 1. The molecule has 0 spiro atoms. The van der Waals surface area contributed by atoms with Crippen molar-refractivity contribution in [3.8, 4) is 0 Å². The lowest BCUT2D eigenvalue weighted by molar-refractivity contribution is -0.116. The molecule has 72 valence electrons. The van der Waals surface area contributed by atoms with E-state index in [1.165, 1.54) is 5.57 Å². The average molecular weight is 178 g/mol. The maximum absolute atomic E-state index is 11.4. The number of hydrogen-bond donors (Lipinski definition) is 0. The van der Waals surface area contributed by atoms with E-state index in [2.05, 4.69) is 26.0 Å². The van der Waals surface area contributed by atoms with Crippen molar-refractivity contribution in [2.24, 2.45) is 5.92 Å². The first-order valence-electron chi connectivity index (χ1n) is 4.93. The summed E-state index contributed by atoms with van der Waals surface area (Å²) >= 11 is 0. The Balaban J connectivity index is 2.49. The average Bonchev–Trinajstić information content (AvgIpc) is 2.07. The van der Waals surface area contributed by atoms with Crippen LogP contribution in [-0.2, 0) is 4.79 Å². The maximum atomic E-state index is 11.4. The number of ketones is 1. The largest absolute Gasteiger partial charge is 0.295 e. The normalized spacial score (nSPS) is 22.5. The Morgan fingerprint density at radius 2 is 2.31 bits per heavy atom. The minimum Gasteiger partial charge on any atom is -0.295 e. The van der Waals surface area contributed by atoms with Crippen molar-refractivity contribution in [3.63, 3.8) is 0 Å². The fourth-order valence-electron chi connectivity index (χ4n) is 1.55. The standard InChI is InChI=1S/C12H18O/c1-9(2)4-6-11-7-5-10(3)12(13)8-11/h4-5,11H,6-8H2,1-3H3. The summed E-state index contributed by atoms with van der Waals surface area (Å²) in [5, 5.41) is 0. The summed E-state index contributed by atoms with van der Waals surface area (Å²) in [5.41, 5.74) is 2.30. The van der Waals surface area contributed by atoms with Gasteiger partial charge in [-0.05, 0) is 45.1 Å². The Bertz CT molecular complexity index is 254. The fourth-order valence-corrected chi connectivity index (χ4v) is 1.55. The highest BCUT2D eigenvalue weighted by Crippen LogP contribution is 2.23. The smallest absolute Gasteiger partial charge is 0.158 e. The number of carbonyl (C=O) groups excluding carboxylic acids is 1. The summed E-state index contributed by atoms with van der Waals surface area (Å²) in [5.74, 6) is 0.879. The van der Waals surface area contributed by atoms with Gasteiger partial charge in [-0.25, -0.2) is 0 Å². The molecule has 0 aromatic heterocycles. The van der Waals surface area contributed by atoms with E-state index >= 15 is 0 Å². The van der Waals surface area contributed by atoms with Crippen LogP contribution >= 0.6 is 0 Å². The van der Waals surface area contributed by atoms with Gasteiger partial charge in [-0.2, -0.15) is 0 Å². The van der Waals surface area contributed by atoms with Gasteiger partial charge in [0.2, 0.25) is 0 Å². The minimum absolute atomic E-state index is 0.332. The SMILES string of the molecule is CC(C)=CCC1CC=C(C)C(=O)C1. The van der Waals surface area contributed by atoms with Crippen LogP contribution in [0.2, 0.25) is 0 Å². The van der Waals surface area contributed by atoms with Gasteiger partial charge in [0, 0.05) is 6.42 Å². The molecule has 0 radical (unpaired) electrons. The maximum Gasteiger partial charge on any atom is 0.158 e. The first kappa shape index (κ1) is 10.2. The van der Waals surface area contributed by atoms with Crippen molar-refractivity contribution in [1.82, 2.24) is 0 Å². The number of rotatable bonds is 2. The van der Waals surface area contributed by atoms with Gasteiger partial charge in [0.15, 0.2) is 5.78 Å². The van der Waals surface area contributed by atoms with Gasteiger partial charge < -0.3 is 0 Å². The van der Waals surface area contributed by atoms with Crippen LogP contribution in [-0.4, -0.2) is 5.78 Å². The third kappa shape index (κ3) is 3.17. The molecule has 0 amide bonds. The number of allylic oxidation sites excluding steroid dienone is 4. The van der Waals surface area contributed by atoms with E-state index < -0.39 is 0 Å². The monoisotopic (exact) mass is 178 g/mol. The highest BCUT2D eigenvalue weighted by atomic mass is 16.1. The molecule has 1 rings (SSSR count). The molecule has 0 heterocycles. The lowest BCUT2D eigenvalue weighted by atomic mass is 9.87. The van der Waals surface area contributed by atoms with Crippen molar-refractivity contribution in [2.75, 3.05) is 0 Å². The number of hydrogen-bond acceptors (Lipinski definition) is 1. The van der Waals surface area contributed by atoms with E-state index in [-0.39, 0.29) is 0 Å². The Hall–Kier alpha value is -0.850. The van der Waals surface area contributed by atoms with Crippen LogP contribution in [0.25, 0.3) is 0 Å². The second kappa shape index (κ2) is 4.40. The molecule has 0 aliphatic heterocycles. The van der Waals surface area contributed by atoms with Gasteiger partial charge in [-0.1, -0.05) is 17.7 Å². The molecule has 0 saturated heterocycles. The predicted molar refractivity (Wildman–Crippen MR) is 55.5 cm³/mol. The summed E-state index contributed by atoms with van der Waals surface area (Å²) in [6, 6.07) is 0. The van der Waals surface area contributed by atoms with Gasteiger partial charge in [0.05, 0.1) is 0 Å². The molecule has 1 aliphatic carbocycles. The zero-order valence-electron chi connectivity index (χ0n) is 8.76. The van der Waals surface area contributed by atoms with Crippen molar-refractivity contribution >= 4 is 5.78 Å². The predicted octanol–water partition coefficient (Wildman–Crippen LogP) is 3.27. The molecule has 0 aromatic carbocycles. The first-order chi connectivity index (χ1) is 6.09. The summed E-state index contributed by atoms with van der Waals surface area (Å²) in [6.07, 6.45) is 7.17. The van der Waals surface area contributed by atoms with E-state index in [9.17, 15) is 4.79 Å². The first-order valence-corrected chi connectivity index (χ1v) is 4.93.